The Morgan fingerprint density at radius 2 is 1.41 bits per heavy atom. The van der Waals surface area contributed by atoms with E-state index in [9.17, 15) is 0 Å². The molecule has 0 radical (unpaired) electrons. The maximum absolute atomic E-state index is 8.79. The monoisotopic (exact) mass is 334 g/mol. The Labute approximate surface area is 128 Å². The van der Waals surface area contributed by atoms with Gasteiger partial charge in [-0.25, -0.2) is 0 Å². The Bertz CT molecular complexity index is 162. The molecule has 7 heteroatoms. The fourth-order valence-corrected chi connectivity index (χ4v) is 5.51. The minimum Gasteiger partial charge on any atom is -0.396 e. The van der Waals surface area contributed by atoms with Crippen molar-refractivity contribution in [2.75, 3.05) is 47.7 Å². The molecule has 0 aromatic rings. The molecule has 0 fully saturated rings. The van der Waals surface area contributed by atoms with Gasteiger partial charge in [-0.3, -0.25) is 0 Å². The Kier molecular flexibility index (Phi) is 15.5. The van der Waals surface area contributed by atoms with E-state index in [4.69, 9.17) is 10.2 Å². The summed E-state index contributed by atoms with van der Waals surface area (Å²) in [7, 11) is 0. The molecule has 0 saturated carbocycles. The number of hydrogen-bond acceptors (Lipinski definition) is 7. The summed E-state index contributed by atoms with van der Waals surface area (Å²) in [4.78, 5) is 0. The van der Waals surface area contributed by atoms with Gasteiger partial charge in [0.15, 0.2) is 0 Å². The van der Waals surface area contributed by atoms with Crippen LogP contribution in [0.3, 0.4) is 0 Å². The van der Waals surface area contributed by atoms with E-state index in [1.165, 1.54) is 0 Å². The Hall–Kier alpha value is 1.67. The fraction of sp³-hybridized carbons (Fsp3) is 1.00. The van der Waals surface area contributed by atoms with Crippen LogP contribution in [0.4, 0.5) is 0 Å². The topological polar surface area (TPSA) is 40.5 Å². The van der Waals surface area contributed by atoms with Gasteiger partial charge in [-0.2, -0.15) is 60.5 Å². The van der Waals surface area contributed by atoms with Gasteiger partial charge in [0.1, 0.15) is 0 Å². The number of aliphatic hydroxyl groups excluding tert-OH is 2. The quantitative estimate of drug-likeness (QED) is 0.323. The molecular formula is C10H22O2S5. The summed E-state index contributed by atoms with van der Waals surface area (Å²) < 4.78 is 0. The van der Waals surface area contributed by atoms with Crippen molar-refractivity contribution in [3.63, 3.8) is 0 Å². The smallest absolute Gasteiger partial charge is 0.0521 e. The van der Waals surface area contributed by atoms with Crippen molar-refractivity contribution in [1.82, 2.24) is 0 Å². The van der Waals surface area contributed by atoms with Crippen molar-refractivity contribution in [1.29, 1.82) is 0 Å². The Morgan fingerprint density at radius 3 is 1.94 bits per heavy atom. The number of aliphatic hydroxyl groups is 2. The van der Waals surface area contributed by atoms with Crippen LogP contribution in [-0.4, -0.2) is 68.4 Å². The highest BCUT2D eigenvalue weighted by molar-refractivity contribution is 8.05. The molecule has 0 amide bonds. The third-order valence-electron chi connectivity index (χ3n) is 1.91. The molecule has 0 aromatic carbocycles. The van der Waals surface area contributed by atoms with Crippen LogP contribution in [0.2, 0.25) is 0 Å². The molecule has 0 spiro atoms. The predicted molar refractivity (Wildman–Crippen MR) is 91.7 cm³/mol. The second-order valence-electron chi connectivity index (χ2n) is 3.34. The van der Waals surface area contributed by atoms with Crippen molar-refractivity contribution in [3.8, 4) is 0 Å². The minimum absolute atomic E-state index is 0.238. The van der Waals surface area contributed by atoms with E-state index in [0.29, 0.717) is 10.5 Å². The van der Waals surface area contributed by atoms with Crippen LogP contribution in [-0.2, 0) is 0 Å². The van der Waals surface area contributed by atoms with Gasteiger partial charge in [0.25, 0.3) is 0 Å². The standard InChI is InChI=1S/C10H22O2S5/c11-1-3-15-7-9(5-13)17-8-10(6-14)16-4-2-12/h9-14H,1-8H2. The van der Waals surface area contributed by atoms with Crippen LogP contribution in [0, 0.1) is 0 Å². The second kappa shape index (κ2) is 14.1. The molecular weight excluding hydrogens is 312 g/mol. The SMILES string of the molecule is OCCSCC(CS)SCC(CS)SCCO. The lowest BCUT2D eigenvalue weighted by Gasteiger charge is -2.18. The summed E-state index contributed by atoms with van der Waals surface area (Å²) in [6, 6.07) is 0. The predicted octanol–water partition coefficient (Wildman–Crippen LogP) is 1.77. The first-order valence-corrected chi connectivity index (χ1v) is 10.0. The van der Waals surface area contributed by atoms with E-state index in [1.54, 1.807) is 23.5 Å². The number of hydrogen-bond donors (Lipinski definition) is 4. The van der Waals surface area contributed by atoms with Gasteiger partial charge in [0.2, 0.25) is 0 Å². The molecule has 0 saturated heterocycles. The average Bonchev–Trinajstić information content (AvgIpc) is 2.36. The normalized spacial score (nSPS) is 14.8. The van der Waals surface area contributed by atoms with Gasteiger partial charge < -0.3 is 10.2 Å². The molecule has 17 heavy (non-hydrogen) atoms. The van der Waals surface area contributed by atoms with Gasteiger partial charge in [-0.1, -0.05) is 0 Å². The fourth-order valence-electron chi connectivity index (χ4n) is 1.05. The molecule has 2 atom stereocenters. The molecule has 0 rings (SSSR count). The molecule has 2 N–H and O–H groups in total. The summed E-state index contributed by atoms with van der Waals surface area (Å²) in [5.74, 6) is 5.41. The Balaban J connectivity index is 3.69. The van der Waals surface area contributed by atoms with E-state index in [2.05, 4.69) is 25.3 Å². The lowest BCUT2D eigenvalue weighted by atomic mass is 10.5. The number of rotatable bonds is 12. The molecule has 2 unspecified atom stereocenters. The maximum Gasteiger partial charge on any atom is 0.0521 e. The summed E-state index contributed by atoms with van der Waals surface area (Å²) in [6.45, 7) is 0.488. The van der Waals surface area contributed by atoms with Gasteiger partial charge in [-0.05, 0) is 0 Å². The summed E-state index contributed by atoms with van der Waals surface area (Å²) in [5, 5.41) is 18.5. The summed E-state index contributed by atoms with van der Waals surface area (Å²) in [5.41, 5.74) is 0. The van der Waals surface area contributed by atoms with E-state index >= 15 is 0 Å². The first kappa shape index (κ1) is 18.7. The number of thioether (sulfide) groups is 3. The third kappa shape index (κ3) is 11.2. The van der Waals surface area contributed by atoms with Crippen molar-refractivity contribution in [3.05, 3.63) is 0 Å². The second-order valence-corrected chi connectivity index (χ2v) is 7.96. The molecule has 0 aliphatic rings. The largest absolute Gasteiger partial charge is 0.396 e. The van der Waals surface area contributed by atoms with E-state index in [0.717, 1.165) is 34.5 Å². The molecule has 0 aromatic heterocycles. The van der Waals surface area contributed by atoms with Gasteiger partial charge in [0.05, 0.1) is 13.2 Å². The van der Waals surface area contributed by atoms with Crippen molar-refractivity contribution in [2.24, 2.45) is 0 Å². The van der Waals surface area contributed by atoms with Gasteiger partial charge >= 0.3 is 0 Å². The lowest BCUT2D eigenvalue weighted by molar-refractivity contribution is 0.322. The van der Waals surface area contributed by atoms with E-state index in [-0.39, 0.29) is 13.2 Å². The lowest BCUT2D eigenvalue weighted by Crippen LogP contribution is -2.16. The molecule has 2 nitrogen and oxygen atoms in total. The first-order chi connectivity index (χ1) is 8.28. The van der Waals surface area contributed by atoms with Crippen LogP contribution in [0.15, 0.2) is 0 Å². The zero-order chi connectivity index (χ0) is 12.9. The minimum atomic E-state index is 0.238. The zero-order valence-electron chi connectivity index (χ0n) is 9.83. The van der Waals surface area contributed by atoms with Crippen molar-refractivity contribution < 1.29 is 10.2 Å². The third-order valence-corrected chi connectivity index (χ3v) is 7.44. The van der Waals surface area contributed by atoms with E-state index in [1.807, 2.05) is 11.8 Å². The van der Waals surface area contributed by atoms with Crippen LogP contribution in [0.1, 0.15) is 0 Å². The zero-order valence-corrected chi connectivity index (χ0v) is 14.1. The molecule has 0 aliphatic heterocycles. The molecule has 104 valence electrons. The van der Waals surface area contributed by atoms with Gasteiger partial charge in [0, 0.05) is 45.0 Å². The average molecular weight is 335 g/mol. The molecule has 0 aliphatic carbocycles. The first-order valence-electron chi connectivity index (χ1n) is 5.52. The highest BCUT2D eigenvalue weighted by Crippen LogP contribution is 2.23. The Morgan fingerprint density at radius 1 is 0.824 bits per heavy atom. The molecule has 0 bridgehead atoms. The van der Waals surface area contributed by atoms with Gasteiger partial charge in [-0.15, -0.1) is 0 Å². The van der Waals surface area contributed by atoms with Crippen LogP contribution >= 0.6 is 60.5 Å². The van der Waals surface area contributed by atoms with Crippen LogP contribution < -0.4 is 0 Å². The highest BCUT2D eigenvalue weighted by Gasteiger charge is 2.12. The van der Waals surface area contributed by atoms with Crippen molar-refractivity contribution in [2.45, 2.75) is 10.5 Å². The maximum atomic E-state index is 8.79. The number of thiol groups is 2. The van der Waals surface area contributed by atoms with Crippen LogP contribution in [0.25, 0.3) is 0 Å². The van der Waals surface area contributed by atoms with E-state index < -0.39 is 0 Å². The highest BCUT2D eigenvalue weighted by atomic mass is 32.2. The molecule has 0 heterocycles. The summed E-state index contributed by atoms with van der Waals surface area (Å²) in [6.07, 6.45) is 0. The van der Waals surface area contributed by atoms with Crippen molar-refractivity contribution >= 4 is 60.5 Å². The summed E-state index contributed by atoms with van der Waals surface area (Å²) >= 11 is 14.2. The van der Waals surface area contributed by atoms with Crippen LogP contribution in [0.5, 0.6) is 0 Å².